The fourth-order valence-electron chi connectivity index (χ4n) is 3.88. The fraction of sp³-hybridized carbons (Fsp3) is 0.667. The van der Waals surface area contributed by atoms with Gasteiger partial charge in [0.15, 0.2) is 5.78 Å². The predicted octanol–water partition coefficient (Wildman–Crippen LogP) is 2.40. The number of halogens is 1. The highest BCUT2D eigenvalue weighted by Crippen LogP contribution is 2.54. The van der Waals surface area contributed by atoms with Crippen molar-refractivity contribution in [2.75, 3.05) is 19.8 Å². The van der Waals surface area contributed by atoms with Crippen LogP contribution in [0.3, 0.4) is 0 Å². The SMILES string of the molecule is O=C1Cc2nc(Br)ccc2COCCCCOC[C@@]23C[C@@H]1N[C@@H]2C3. The Labute approximate surface area is 150 Å². The largest absolute Gasteiger partial charge is 0.381 e. The summed E-state index contributed by atoms with van der Waals surface area (Å²) in [7, 11) is 0. The quantitative estimate of drug-likeness (QED) is 0.684. The molecule has 1 aliphatic carbocycles. The minimum absolute atomic E-state index is 0.0629. The van der Waals surface area contributed by atoms with E-state index in [4.69, 9.17) is 9.47 Å². The Bertz CT molecular complexity index is 639. The van der Waals surface area contributed by atoms with Crippen molar-refractivity contribution in [1.29, 1.82) is 0 Å². The second kappa shape index (κ2) is 6.83. The average molecular weight is 395 g/mol. The van der Waals surface area contributed by atoms with E-state index in [1.54, 1.807) is 0 Å². The molecule has 1 aromatic rings. The van der Waals surface area contributed by atoms with E-state index in [0.29, 0.717) is 25.7 Å². The van der Waals surface area contributed by atoms with Crippen LogP contribution in [0.5, 0.6) is 0 Å². The lowest BCUT2D eigenvalue weighted by Gasteiger charge is -2.16. The molecule has 1 aromatic heterocycles. The molecule has 2 aliphatic heterocycles. The Morgan fingerprint density at radius 2 is 2.04 bits per heavy atom. The third-order valence-corrected chi connectivity index (χ3v) is 5.88. The van der Waals surface area contributed by atoms with Gasteiger partial charge in [0.25, 0.3) is 0 Å². The Morgan fingerprint density at radius 3 is 2.92 bits per heavy atom. The molecule has 2 bridgehead atoms. The van der Waals surface area contributed by atoms with E-state index in [1.807, 2.05) is 12.1 Å². The number of nitrogens with zero attached hydrogens (tertiary/aromatic N) is 1. The van der Waals surface area contributed by atoms with Gasteiger partial charge in [-0.2, -0.15) is 0 Å². The number of carbonyl (C=O) groups is 1. The highest BCUT2D eigenvalue weighted by Gasteiger charge is 2.61. The summed E-state index contributed by atoms with van der Waals surface area (Å²) in [6.07, 6.45) is 4.41. The zero-order chi connectivity index (χ0) is 16.6. The molecule has 0 unspecified atom stereocenters. The number of Topliss-reactive ketones (excluding diaryl/α,β-unsaturated/α-hetero) is 1. The van der Waals surface area contributed by atoms with Gasteiger partial charge in [0.1, 0.15) is 4.60 Å². The first kappa shape index (κ1) is 16.6. The number of aromatic nitrogens is 1. The Balaban J connectivity index is 1.53. The number of pyridine rings is 1. The summed E-state index contributed by atoms with van der Waals surface area (Å²) in [5.41, 5.74) is 2.04. The topological polar surface area (TPSA) is 60.5 Å². The van der Waals surface area contributed by atoms with Crippen LogP contribution in [0, 0.1) is 5.41 Å². The van der Waals surface area contributed by atoms with Crippen molar-refractivity contribution in [3.8, 4) is 0 Å². The third-order valence-electron chi connectivity index (χ3n) is 5.44. The zero-order valence-electron chi connectivity index (χ0n) is 13.7. The van der Waals surface area contributed by atoms with Gasteiger partial charge in [-0.1, -0.05) is 6.07 Å². The van der Waals surface area contributed by atoms with Crippen molar-refractivity contribution in [2.45, 2.75) is 50.8 Å². The van der Waals surface area contributed by atoms with Gasteiger partial charge in [0.05, 0.1) is 31.4 Å². The molecule has 3 atom stereocenters. The molecule has 6 heteroatoms. The van der Waals surface area contributed by atoms with E-state index in [-0.39, 0.29) is 17.2 Å². The summed E-state index contributed by atoms with van der Waals surface area (Å²) in [5, 5.41) is 3.50. The predicted molar refractivity (Wildman–Crippen MR) is 92.7 cm³/mol. The summed E-state index contributed by atoms with van der Waals surface area (Å²) in [4.78, 5) is 17.3. The van der Waals surface area contributed by atoms with E-state index in [2.05, 4.69) is 26.2 Å². The van der Waals surface area contributed by atoms with Gasteiger partial charge in [-0.25, -0.2) is 4.98 Å². The molecule has 130 valence electrons. The fourth-order valence-corrected chi connectivity index (χ4v) is 4.23. The van der Waals surface area contributed by atoms with E-state index >= 15 is 0 Å². The summed E-state index contributed by atoms with van der Waals surface area (Å²) < 4.78 is 12.4. The molecule has 4 rings (SSSR count). The van der Waals surface area contributed by atoms with Crippen LogP contribution >= 0.6 is 15.9 Å². The first-order valence-electron chi connectivity index (χ1n) is 8.75. The van der Waals surface area contributed by atoms with Crippen molar-refractivity contribution < 1.29 is 14.3 Å². The summed E-state index contributed by atoms with van der Waals surface area (Å²) in [5.74, 6) is 0.225. The van der Waals surface area contributed by atoms with Crippen LogP contribution in [0.1, 0.15) is 36.9 Å². The molecule has 24 heavy (non-hydrogen) atoms. The molecular formula is C18H23BrN2O3. The van der Waals surface area contributed by atoms with Gasteiger partial charge in [0, 0.05) is 24.7 Å². The number of ether oxygens (including phenoxy) is 2. The molecule has 0 radical (unpaired) electrons. The lowest BCUT2D eigenvalue weighted by molar-refractivity contribution is -0.120. The van der Waals surface area contributed by atoms with Crippen molar-refractivity contribution in [3.63, 3.8) is 0 Å². The minimum atomic E-state index is -0.0629. The summed E-state index contributed by atoms with van der Waals surface area (Å²) in [6, 6.07) is 4.30. The Morgan fingerprint density at radius 1 is 1.21 bits per heavy atom. The van der Waals surface area contributed by atoms with Crippen molar-refractivity contribution in [2.24, 2.45) is 5.41 Å². The summed E-state index contributed by atoms with van der Waals surface area (Å²) >= 11 is 3.41. The van der Waals surface area contributed by atoms with Gasteiger partial charge in [-0.05, 0) is 53.2 Å². The van der Waals surface area contributed by atoms with Crippen molar-refractivity contribution in [1.82, 2.24) is 10.3 Å². The number of hydrogen-bond acceptors (Lipinski definition) is 5. The molecule has 1 saturated carbocycles. The summed E-state index contributed by atoms with van der Waals surface area (Å²) in [6.45, 7) is 2.77. The highest BCUT2D eigenvalue weighted by molar-refractivity contribution is 9.10. The van der Waals surface area contributed by atoms with Gasteiger partial charge in [-0.3, -0.25) is 4.79 Å². The first-order chi connectivity index (χ1) is 11.7. The van der Waals surface area contributed by atoms with E-state index in [0.717, 1.165) is 54.8 Å². The average Bonchev–Trinajstić information content (AvgIpc) is 3.11. The molecule has 5 nitrogen and oxygen atoms in total. The monoisotopic (exact) mass is 394 g/mol. The third kappa shape index (κ3) is 3.43. The number of piperidine rings is 1. The Hall–Kier alpha value is -0.820. The van der Waals surface area contributed by atoms with E-state index in [1.165, 1.54) is 0 Å². The van der Waals surface area contributed by atoms with Crippen LogP contribution in [0.25, 0.3) is 0 Å². The number of rotatable bonds is 0. The zero-order valence-corrected chi connectivity index (χ0v) is 15.3. The number of hydrogen-bond donors (Lipinski definition) is 1. The van der Waals surface area contributed by atoms with Crippen LogP contribution in [0.15, 0.2) is 16.7 Å². The van der Waals surface area contributed by atoms with Crippen LogP contribution in [0.2, 0.25) is 0 Å². The molecule has 1 saturated heterocycles. The second-order valence-corrected chi connectivity index (χ2v) is 8.05. The van der Waals surface area contributed by atoms with Crippen LogP contribution in [0.4, 0.5) is 0 Å². The molecule has 3 aliphatic rings. The van der Waals surface area contributed by atoms with E-state index < -0.39 is 0 Å². The van der Waals surface area contributed by atoms with Crippen LogP contribution in [-0.2, 0) is 27.3 Å². The standard InChI is InChI=1S/C18H23BrN2O3/c19-17-4-3-12-10-23-5-1-2-6-24-11-18-8-14(20-16(18)9-18)15(22)7-13(12)21-17/h3-4,14,16,20H,1-2,5-11H2/t14-,16+,18-/m0/s1. The van der Waals surface area contributed by atoms with Crippen LogP contribution in [-0.4, -0.2) is 42.7 Å². The normalized spacial score (nSPS) is 34.0. The van der Waals surface area contributed by atoms with Crippen LogP contribution < -0.4 is 5.32 Å². The smallest absolute Gasteiger partial charge is 0.155 e. The van der Waals surface area contributed by atoms with Crippen molar-refractivity contribution in [3.05, 3.63) is 28.0 Å². The number of fused-ring (bicyclic) bond motifs is 2. The van der Waals surface area contributed by atoms with Gasteiger partial charge in [-0.15, -0.1) is 0 Å². The van der Waals surface area contributed by atoms with Gasteiger partial charge >= 0.3 is 0 Å². The number of ketones is 1. The number of nitrogens with one attached hydrogen (secondary N) is 1. The maximum Gasteiger partial charge on any atom is 0.155 e. The maximum atomic E-state index is 12.7. The lowest BCUT2D eigenvalue weighted by Crippen LogP contribution is -2.35. The Kier molecular flexibility index (Phi) is 4.73. The molecule has 1 N–H and O–H groups in total. The molecule has 1 spiro atoms. The molecular weight excluding hydrogens is 372 g/mol. The second-order valence-electron chi connectivity index (χ2n) is 7.24. The molecule has 0 amide bonds. The highest BCUT2D eigenvalue weighted by atomic mass is 79.9. The van der Waals surface area contributed by atoms with Gasteiger partial charge < -0.3 is 14.8 Å². The molecule has 2 fully saturated rings. The van der Waals surface area contributed by atoms with Gasteiger partial charge in [0.2, 0.25) is 0 Å². The molecule has 3 heterocycles. The molecule has 0 aromatic carbocycles. The van der Waals surface area contributed by atoms with E-state index in [9.17, 15) is 4.79 Å². The number of carbonyl (C=O) groups excluding carboxylic acids is 1. The maximum absolute atomic E-state index is 12.7. The lowest BCUT2D eigenvalue weighted by atomic mass is 9.95. The van der Waals surface area contributed by atoms with Crippen molar-refractivity contribution >= 4 is 21.7 Å². The minimum Gasteiger partial charge on any atom is -0.381 e. The first-order valence-corrected chi connectivity index (χ1v) is 9.54.